The van der Waals surface area contributed by atoms with Gasteiger partial charge in [-0.2, -0.15) is 0 Å². The van der Waals surface area contributed by atoms with E-state index in [1.165, 1.54) is 11.8 Å². The Morgan fingerprint density at radius 3 is 2.24 bits per heavy atom. The SMILES string of the molecule is CC(NC(=O)CNC(=O)c1ccccc1)C(=O)NCC(=O)C(=O)NCC(=O)N1CCOCC1. The monoisotopic (exact) mass is 461 g/mol. The van der Waals surface area contributed by atoms with Gasteiger partial charge in [0.05, 0.1) is 32.8 Å². The average Bonchev–Trinajstić information content (AvgIpc) is 2.84. The van der Waals surface area contributed by atoms with Crippen molar-refractivity contribution in [2.45, 2.75) is 13.0 Å². The third-order valence-corrected chi connectivity index (χ3v) is 4.66. The first-order chi connectivity index (χ1) is 15.8. The highest BCUT2D eigenvalue weighted by molar-refractivity contribution is 6.37. The summed E-state index contributed by atoms with van der Waals surface area (Å²) >= 11 is 0. The summed E-state index contributed by atoms with van der Waals surface area (Å²) in [5.74, 6) is -4.01. The van der Waals surface area contributed by atoms with Crippen molar-refractivity contribution in [2.75, 3.05) is 45.9 Å². The average molecular weight is 461 g/mol. The number of amides is 5. The van der Waals surface area contributed by atoms with E-state index in [0.29, 0.717) is 31.9 Å². The predicted molar refractivity (Wildman–Crippen MR) is 115 cm³/mol. The maximum absolute atomic E-state index is 12.1. The van der Waals surface area contributed by atoms with Crippen LogP contribution >= 0.6 is 0 Å². The molecule has 12 heteroatoms. The Balaban J connectivity index is 1.64. The lowest BCUT2D eigenvalue weighted by atomic mass is 10.2. The van der Waals surface area contributed by atoms with Crippen LogP contribution in [-0.2, 0) is 28.7 Å². The summed E-state index contributed by atoms with van der Waals surface area (Å²) in [6.07, 6.45) is 0. The minimum absolute atomic E-state index is 0.334. The molecule has 1 aliphatic rings. The molecule has 33 heavy (non-hydrogen) atoms. The van der Waals surface area contributed by atoms with Gasteiger partial charge in [-0.15, -0.1) is 0 Å². The molecule has 1 aliphatic heterocycles. The van der Waals surface area contributed by atoms with Gasteiger partial charge in [-0.1, -0.05) is 18.2 Å². The van der Waals surface area contributed by atoms with Gasteiger partial charge in [0.15, 0.2) is 0 Å². The Labute approximate surface area is 190 Å². The molecule has 1 saturated heterocycles. The van der Waals surface area contributed by atoms with Crippen molar-refractivity contribution in [1.29, 1.82) is 0 Å². The second-order valence-corrected chi connectivity index (χ2v) is 7.15. The molecule has 1 aromatic rings. The number of nitrogens with one attached hydrogen (secondary N) is 4. The number of ketones is 1. The van der Waals surface area contributed by atoms with E-state index in [-0.39, 0.29) is 19.0 Å². The van der Waals surface area contributed by atoms with Crippen LogP contribution in [0.1, 0.15) is 17.3 Å². The summed E-state index contributed by atoms with van der Waals surface area (Å²) < 4.78 is 5.13. The molecule has 1 aromatic carbocycles. The minimum Gasteiger partial charge on any atom is -0.378 e. The molecule has 178 valence electrons. The number of nitrogens with zero attached hydrogens (tertiary/aromatic N) is 1. The first kappa shape index (κ1) is 25.5. The van der Waals surface area contributed by atoms with Gasteiger partial charge in [0.1, 0.15) is 6.04 Å². The molecule has 12 nitrogen and oxygen atoms in total. The molecule has 5 amide bonds. The first-order valence-corrected chi connectivity index (χ1v) is 10.3. The molecule has 1 unspecified atom stereocenters. The summed E-state index contributed by atoms with van der Waals surface area (Å²) in [5, 5.41) is 9.28. The molecule has 1 atom stereocenters. The van der Waals surface area contributed by atoms with Gasteiger partial charge in [0.25, 0.3) is 11.8 Å². The maximum Gasteiger partial charge on any atom is 0.289 e. The zero-order chi connectivity index (χ0) is 24.2. The van der Waals surface area contributed by atoms with E-state index in [1.54, 1.807) is 30.3 Å². The van der Waals surface area contributed by atoms with Crippen LogP contribution < -0.4 is 21.3 Å². The fraction of sp³-hybridized carbons (Fsp3) is 0.429. The number of rotatable bonds is 10. The molecular weight excluding hydrogens is 434 g/mol. The van der Waals surface area contributed by atoms with Crippen LogP contribution in [0, 0.1) is 0 Å². The van der Waals surface area contributed by atoms with E-state index in [9.17, 15) is 28.8 Å². The summed E-state index contributed by atoms with van der Waals surface area (Å²) in [6, 6.07) is 7.30. The van der Waals surface area contributed by atoms with Crippen molar-refractivity contribution in [3.63, 3.8) is 0 Å². The number of benzene rings is 1. The van der Waals surface area contributed by atoms with Crippen molar-refractivity contribution < 1.29 is 33.5 Å². The molecular formula is C21H27N5O7. The van der Waals surface area contributed by atoms with Crippen molar-refractivity contribution in [3.05, 3.63) is 35.9 Å². The Hall–Kier alpha value is -3.80. The lowest BCUT2D eigenvalue weighted by Gasteiger charge is -2.26. The molecule has 0 spiro atoms. The molecule has 1 heterocycles. The number of carbonyl (C=O) groups is 6. The first-order valence-electron chi connectivity index (χ1n) is 10.3. The number of hydrogen-bond donors (Lipinski definition) is 4. The third-order valence-electron chi connectivity index (χ3n) is 4.66. The van der Waals surface area contributed by atoms with E-state index in [0.717, 1.165) is 0 Å². The Morgan fingerprint density at radius 2 is 1.58 bits per heavy atom. The number of morpholine rings is 1. The predicted octanol–water partition coefficient (Wildman–Crippen LogP) is -2.42. The molecule has 0 saturated carbocycles. The zero-order valence-electron chi connectivity index (χ0n) is 18.2. The van der Waals surface area contributed by atoms with Crippen molar-refractivity contribution in [1.82, 2.24) is 26.2 Å². The van der Waals surface area contributed by atoms with E-state index in [4.69, 9.17) is 4.74 Å². The van der Waals surface area contributed by atoms with Crippen LogP contribution in [0.2, 0.25) is 0 Å². The highest BCUT2D eigenvalue weighted by atomic mass is 16.5. The lowest BCUT2D eigenvalue weighted by Crippen LogP contribution is -2.50. The van der Waals surface area contributed by atoms with Crippen molar-refractivity contribution >= 4 is 35.3 Å². The van der Waals surface area contributed by atoms with Crippen LogP contribution in [0.5, 0.6) is 0 Å². The van der Waals surface area contributed by atoms with E-state index < -0.39 is 42.0 Å². The summed E-state index contributed by atoms with van der Waals surface area (Å²) in [5.41, 5.74) is 0.388. The summed E-state index contributed by atoms with van der Waals surface area (Å²) in [6.45, 7) is 1.77. The van der Waals surface area contributed by atoms with Gasteiger partial charge in [-0.25, -0.2) is 0 Å². The number of carbonyl (C=O) groups excluding carboxylic acids is 6. The molecule has 0 aliphatic carbocycles. The highest BCUT2D eigenvalue weighted by Gasteiger charge is 2.21. The fourth-order valence-electron chi connectivity index (χ4n) is 2.79. The quantitative estimate of drug-likeness (QED) is 0.282. The van der Waals surface area contributed by atoms with E-state index in [1.807, 2.05) is 0 Å². The summed E-state index contributed by atoms with van der Waals surface area (Å²) in [4.78, 5) is 73.1. The number of ether oxygens (including phenoxy) is 1. The Morgan fingerprint density at radius 1 is 0.909 bits per heavy atom. The molecule has 4 N–H and O–H groups in total. The van der Waals surface area contributed by atoms with Gasteiger partial charge >= 0.3 is 0 Å². The van der Waals surface area contributed by atoms with Gasteiger partial charge < -0.3 is 30.9 Å². The van der Waals surface area contributed by atoms with E-state index in [2.05, 4.69) is 21.3 Å². The van der Waals surface area contributed by atoms with Crippen LogP contribution in [0.3, 0.4) is 0 Å². The van der Waals surface area contributed by atoms with Gasteiger partial charge in [-0.3, -0.25) is 28.8 Å². The molecule has 0 aromatic heterocycles. The maximum atomic E-state index is 12.1. The largest absolute Gasteiger partial charge is 0.378 e. The summed E-state index contributed by atoms with van der Waals surface area (Å²) in [7, 11) is 0. The van der Waals surface area contributed by atoms with Crippen LogP contribution in [0.25, 0.3) is 0 Å². The highest BCUT2D eigenvalue weighted by Crippen LogP contribution is 1.98. The number of hydrogen-bond acceptors (Lipinski definition) is 7. The normalized spacial score (nSPS) is 13.9. The third kappa shape index (κ3) is 8.69. The fourth-order valence-corrected chi connectivity index (χ4v) is 2.79. The van der Waals surface area contributed by atoms with Crippen molar-refractivity contribution in [3.8, 4) is 0 Å². The molecule has 2 rings (SSSR count). The smallest absolute Gasteiger partial charge is 0.289 e. The van der Waals surface area contributed by atoms with Crippen LogP contribution in [-0.4, -0.2) is 92.2 Å². The Bertz CT molecular complexity index is 884. The van der Waals surface area contributed by atoms with Crippen LogP contribution in [0.15, 0.2) is 30.3 Å². The van der Waals surface area contributed by atoms with Crippen molar-refractivity contribution in [2.24, 2.45) is 0 Å². The minimum atomic E-state index is -1.01. The molecule has 0 radical (unpaired) electrons. The van der Waals surface area contributed by atoms with Gasteiger partial charge in [-0.05, 0) is 19.1 Å². The standard InChI is InChI=1S/C21H27N5O7/c1-14(25-17(28)12-23-20(31)15-5-3-2-4-6-15)19(30)22-11-16(27)21(32)24-13-18(29)26-7-9-33-10-8-26/h2-6,14H,7-13H2,1H3,(H,22,30)(H,23,31)(H,24,32)(H,25,28). The van der Waals surface area contributed by atoms with Gasteiger partial charge in [0, 0.05) is 18.7 Å². The van der Waals surface area contributed by atoms with Gasteiger partial charge in [0.2, 0.25) is 23.5 Å². The second kappa shape index (κ2) is 12.9. The second-order valence-electron chi connectivity index (χ2n) is 7.15. The van der Waals surface area contributed by atoms with Crippen LogP contribution in [0.4, 0.5) is 0 Å². The Kier molecular flexibility index (Phi) is 9.96. The zero-order valence-corrected chi connectivity index (χ0v) is 18.2. The molecule has 0 bridgehead atoms. The topological polar surface area (TPSA) is 163 Å². The lowest BCUT2D eigenvalue weighted by molar-refractivity contribution is -0.140. The van der Waals surface area contributed by atoms with E-state index >= 15 is 0 Å². The molecule has 1 fully saturated rings. The number of Topliss-reactive ketones (excluding diaryl/α,β-unsaturated/α-hetero) is 1.